The topological polar surface area (TPSA) is 156 Å². The first-order chi connectivity index (χ1) is 10.7. The Kier molecular flexibility index (Phi) is 6.01. The van der Waals surface area contributed by atoms with Crippen LogP contribution in [0.1, 0.15) is 24.2 Å². The van der Waals surface area contributed by atoms with E-state index in [1.54, 1.807) is 13.8 Å². The molecule has 1 atom stereocenters. The van der Waals surface area contributed by atoms with Gasteiger partial charge in [0.1, 0.15) is 6.04 Å². The fraction of sp³-hybridized carbons (Fsp3) is 0.308. The monoisotopic (exact) mass is 323 g/mol. The highest BCUT2D eigenvalue weighted by molar-refractivity contribution is 5.96. The number of nitrogens with zero attached hydrogens (tertiary/aromatic N) is 1. The summed E-state index contributed by atoms with van der Waals surface area (Å²) in [5.41, 5.74) is 8.99. The molecule has 5 N–H and O–H groups in total. The van der Waals surface area contributed by atoms with E-state index in [0.29, 0.717) is 0 Å². The summed E-state index contributed by atoms with van der Waals surface area (Å²) in [6.45, 7) is 3.37. The molecule has 0 saturated heterocycles. The highest BCUT2D eigenvalue weighted by Gasteiger charge is 2.23. The Labute approximate surface area is 131 Å². The van der Waals surface area contributed by atoms with Crippen molar-refractivity contribution in [1.29, 1.82) is 0 Å². The van der Waals surface area contributed by atoms with Crippen molar-refractivity contribution in [2.24, 2.45) is 11.7 Å². The lowest BCUT2D eigenvalue weighted by Gasteiger charge is -2.20. The Morgan fingerprint density at radius 1 is 1.22 bits per heavy atom. The van der Waals surface area contributed by atoms with Gasteiger partial charge in [-0.15, -0.1) is 0 Å². The predicted molar refractivity (Wildman–Crippen MR) is 80.1 cm³/mol. The average Bonchev–Trinajstić information content (AvgIpc) is 2.49. The Balaban J connectivity index is 2.71. The van der Waals surface area contributed by atoms with Crippen molar-refractivity contribution in [3.8, 4) is 0 Å². The van der Waals surface area contributed by atoms with E-state index in [2.05, 4.69) is 16.2 Å². The standard InChI is InChI=1S/C13H17N5O5/c1-7(2)10(15-13(14)21)12(20)17-16-11(19)8-4-3-5-9(6-8)18(22)23/h3-7,10H,1-2H3,(H,16,19)(H,17,20)(H3,14,15,21)/t10-/m0/s1. The summed E-state index contributed by atoms with van der Waals surface area (Å²) >= 11 is 0. The van der Waals surface area contributed by atoms with Crippen LogP contribution in [0.5, 0.6) is 0 Å². The number of nitrogens with two attached hydrogens (primary N) is 1. The highest BCUT2D eigenvalue weighted by atomic mass is 16.6. The number of non-ortho nitro benzene ring substituents is 1. The summed E-state index contributed by atoms with van der Waals surface area (Å²) < 4.78 is 0. The van der Waals surface area contributed by atoms with Crippen molar-refractivity contribution >= 4 is 23.5 Å². The summed E-state index contributed by atoms with van der Waals surface area (Å²) in [4.78, 5) is 44.7. The second-order valence-corrected chi connectivity index (χ2v) is 4.98. The van der Waals surface area contributed by atoms with Crippen molar-refractivity contribution in [3.05, 3.63) is 39.9 Å². The van der Waals surface area contributed by atoms with E-state index in [4.69, 9.17) is 5.73 Å². The fourth-order valence-corrected chi connectivity index (χ4v) is 1.72. The van der Waals surface area contributed by atoms with Gasteiger partial charge >= 0.3 is 6.03 Å². The van der Waals surface area contributed by atoms with Gasteiger partial charge in [0.2, 0.25) is 0 Å². The zero-order chi connectivity index (χ0) is 17.6. The number of hydrogen-bond acceptors (Lipinski definition) is 5. The van der Waals surface area contributed by atoms with Crippen LogP contribution in [0.25, 0.3) is 0 Å². The molecule has 0 radical (unpaired) electrons. The first kappa shape index (κ1) is 17.9. The number of carbonyl (C=O) groups is 3. The molecule has 0 heterocycles. The maximum atomic E-state index is 11.9. The van der Waals surface area contributed by atoms with Gasteiger partial charge in [-0.2, -0.15) is 0 Å². The maximum Gasteiger partial charge on any atom is 0.312 e. The van der Waals surface area contributed by atoms with Crippen LogP contribution in [0.4, 0.5) is 10.5 Å². The molecular formula is C13H17N5O5. The van der Waals surface area contributed by atoms with Gasteiger partial charge in [-0.3, -0.25) is 30.6 Å². The van der Waals surface area contributed by atoms with E-state index >= 15 is 0 Å². The van der Waals surface area contributed by atoms with Gasteiger partial charge < -0.3 is 11.1 Å². The fourth-order valence-electron chi connectivity index (χ4n) is 1.72. The van der Waals surface area contributed by atoms with Gasteiger partial charge in [0, 0.05) is 17.7 Å². The molecule has 0 aliphatic heterocycles. The lowest BCUT2D eigenvalue weighted by atomic mass is 10.0. The second kappa shape index (κ2) is 7.73. The smallest absolute Gasteiger partial charge is 0.312 e. The van der Waals surface area contributed by atoms with E-state index in [0.717, 1.165) is 6.07 Å². The van der Waals surface area contributed by atoms with E-state index in [-0.39, 0.29) is 17.2 Å². The summed E-state index contributed by atoms with van der Waals surface area (Å²) in [5, 5.41) is 12.9. The average molecular weight is 323 g/mol. The lowest BCUT2D eigenvalue weighted by molar-refractivity contribution is -0.384. The molecule has 0 fully saturated rings. The minimum atomic E-state index is -0.932. The van der Waals surface area contributed by atoms with Gasteiger partial charge in [-0.05, 0) is 12.0 Å². The number of rotatable bonds is 5. The molecule has 0 unspecified atom stereocenters. The third-order valence-electron chi connectivity index (χ3n) is 2.87. The van der Waals surface area contributed by atoms with Crippen molar-refractivity contribution in [1.82, 2.24) is 16.2 Å². The minimum Gasteiger partial charge on any atom is -0.352 e. The molecule has 4 amide bonds. The number of hydrazine groups is 1. The quantitative estimate of drug-likeness (QED) is 0.445. The summed E-state index contributed by atoms with van der Waals surface area (Å²) in [5.74, 6) is -1.67. The lowest BCUT2D eigenvalue weighted by Crippen LogP contribution is -2.55. The Morgan fingerprint density at radius 3 is 2.39 bits per heavy atom. The summed E-state index contributed by atoms with van der Waals surface area (Å²) in [7, 11) is 0. The van der Waals surface area contributed by atoms with Crippen molar-refractivity contribution < 1.29 is 19.3 Å². The van der Waals surface area contributed by atoms with Gasteiger partial charge in [0.15, 0.2) is 0 Å². The molecule has 0 aromatic heterocycles. The minimum absolute atomic E-state index is 0.00320. The number of amides is 4. The van der Waals surface area contributed by atoms with Crippen molar-refractivity contribution in [3.63, 3.8) is 0 Å². The third kappa shape index (κ3) is 5.26. The van der Waals surface area contributed by atoms with Crippen molar-refractivity contribution in [2.45, 2.75) is 19.9 Å². The number of benzene rings is 1. The number of primary amides is 1. The zero-order valence-electron chi connectivity index (χ0n) is 12.5. The van der Waals surface area contributed by atoms with Gasteiger partial charge in [-0.25, -0.2) is 4.79 Å². The number of nitro benzene ring substituents is 1. The van der Waals surface area contributed by atoms with Crippen LogP contribution < -0.4 is 21.9 Å². The normalized spacial score (nSPS) is 11.4. The van der Waals surface area contributed by atoms with Crippen LogP contribution in [0, 0.1) is 16.0 Å². The maximum absolute atomic E-state index is 11.9. The molecule has 1 aromatic carbocycles. The Morgan fingerprint density at radius 2 is 1.87 bits per heavy atom. The molecule has 0 spiro atoms. The van der Waals surface area contributed by atoms with Crippen LogP contribution in [-0.4, -0.2) is 28.8 Å². The summed E-state index contributed by atoms with van der Waals surface area (Å²) in [6.07, 6.45) is 0. The van der Waals surface area contributed by atoms with Gasteiger partial charge in [0.25, 0.3) is 17.5 Å². The first-order valence-electron chi connectivity index (χ1n) is 6.63. The van der Waals surface area contributed by atoms with Crippen LogP contribution in [0.3, 0.4) is 0 Å². The molecule has 1 rings (SSSR count). The second-order valence-electron chi connectivity index (χ2n) is 4.98. The zero-order valence-corrected chi connectivity index (χ0v) is 12.5. The third-order valence-corrected chi connectivity index (χ3v) is 2.87. The first-order valence-corrected chi connectivity index (χ1v) is 6.63. The predicted octanol–water partition coefficient (Wildman–Crippen LogP) is 0.0487. The van der Waals surface area contributed by atoms with E-state index in [1.165, 1.54) is 18.2 Å². The van der Waals surface area contributed by atoms with Gasteiger partial charge in [0.05, 0.1) is 4.92 Å². The molecule has 1 aromatic rings. The molecular weight excluding hydrogens is 306 g/mol. The molecule has 10 heteroatoms. The molecule has 10 nitrogen and oxygen atoms in total. The van der Waals surface area contributed by atoms with Crippen LogP contribution in [0.15, 0.2) is 24.3 Å². The molecule has 0 aliphatic carbocycles. The largest absolute Gasteiger partial charge is 0.352 e. The summed E-state index contributed by atoms with van der Waals surface area (Å²) in [6, 6.07) is 3.21. The molecule has 0 saturated carbocycles. The Bertz CT molecular complexity index is 631. The van der Waals surface area contributed by atoms with Crippen LogP contribution >= 0.6 is 0 Å². The van der Waals surface area contributed by atoms with Crippen LogP contribution in [-0.2, 0) is 4.79 Å². The SMILES string of the molecule is CC(C)[C@H](NC(N)=O)C(=O)NNC(=O)c1cccc([N+](=O)[O-])c1. The van der Waals surface area contributed by atoms with Gasteiger partial charge in [-0.1, -0.05) is 19.9 Å². The number of nitro groups is 1. The highest BCUT2D eigenvalue weighted by Crippen LogP contribution is 2.12. The number of hydrogen-bond donors (Lipinski definition) is 4. The molecule has 124 valence electrons. The molecule has 0 bridgehead atoms. The van der Waals surface area contributed by atoms with Crippen molar-refractivity contribution in [2.75, 3.05) is 0 Å². The van der Waals surface area contributed by atoms with E-state index in [1.807, 2.05) is 0 Å². The Hall–Kier alpha value is -3.17. The van der Waals surface area contributed by atoms with E-state index in [9.17, 15) is 24.5 Å². The number of carbonyl (C=O) groups excluding carboxylic acids is 3. The number of nitrogens with one attached hydrogen (secondary N) is 3. The van der Waals surface area contributed by atoms with Crippen LogP contribution in [0.2, 0.25) is 0 Å². The molecule has 23 heavy (non-hydrogen) atoms. The number of urea groups is 1. The van der Waals surface area contributed by atoms with E-state index < -0.39 is 28.8 Å². The molecule has 0 aliphatic rings.